The molecule has 120 valence electrons. The highest BCUT2D eigenvalue weighted by Crippen LogP contribution is 2.50. The highest BCUT2D eigenvalue weighted by Gasteiger charge is 2.37. The third-order valence-corrected chi connectivity index (χ3v) is 4.24. The van der Waals surface area contributed by atoms with E-state index in [0.717, 1.165) is 0 Å². The van der Waals surface area contributed by atoms with Crippen LogP contribution < -0.4 is 19.1 Å². The van der Waals surface area contributed by atoms with E-state index in [1.807, 2.05) is 0 Å². The Hall–Kier alpha value is -1.76. The molecule has 0 saturated carbocycles. The van der Waals surface area contributed by atoms with Gasteiger partial charge in [-0.05, 0) is 6.92 Å². The van der Waals surface area contributed by atoms with Gasteiger partial charge in [0, 0.05) is 29.3 Å². The number of methoxy groups -OCH3 is 3. The number of ether oxygens (including phenoxy) is 3. The molecule has 0 aromatic heterocycles. The average molecular weight is 372 g/mol. The third-order valence-electron chi connectivity index (χ3n) is 3.68. The second-order valence-corrected chi connectivity index (χ2v) is 5.37. The number of nitrogens with zero attached hydrogens (tertiary/aromatic N) is 1. The number of benzene rings is 1. The van der Waals surface area contributed by atoms with Crippen molar-refractivity contribution >= 4 is 33.4 Å². The first-order chi connectivity index (χ1) is 10.5. The smallest absolute Gasteiger partial charge is 0.234 e. The zero-order valence-electron chi connectivity index (χ0n) is 13.0. The minimum atomic E-state index is -0.239. The molecule has 1 heterocycles. The molecule has 7 heteroatoms. The molecule has 1 aliphatic rings. The van der Waals surface area contributed by atoms with Crippen LogP contribution in [0.2, 0.25) is 0 Å². The summed E-state index contributed by atoms with van der Waals surface area (Å²) in [6, 6.07) is 0. The van der Waals surface area contributed by atoms with E-state index < -0.39 is 0 Å². The lowest BCUT2D eigenvalue weighted by atomic mass is 10.0. The summed E-state index contributed by atoms with van der Waals surface area (Å²) in [7, 11) is 4.56. The lowest BCUT2D eigenvalue weighted by molar-refractivity contribution is -0.121. The van der Waals surface area contributed by atoms with Crippen LogP contribution in [0.25, 0.3) is 0 Å². The lowest BCUT2D eigenvalue weighted by Gasteiger charge is -2.25. The molecule has 2 rings (SSSR count). The minimum absolute atomic E-state index is 0.205. The van der Waals surface area contributed by atoms with Gasteiger partial charge in [-0.15, -0.1) is 0 Å². The molecule has 22 heavy (non-hydrogen) atoms. The van der Waals surface area contributed by atoms with Crippen molar-refractivity contribution in [2.45, 2.75) is 25.1 Å². The normalized spacial score (nSPS) is 14.5. The number of rotatable bonds is 5. The van der Waals surface area contributed by atoms with Crippen LogP contribution in [0, 0.1) is 6.92 Å². The number of carbonyl (C=O) groups is 2. The zero-order chi connectivity index (χ0) is 16.4. The van der Waals surface area contributed by atoms with Gasteiger partial charge in [0.1, 0.15) is 11.4 Å². The molecule has 0 atom stereocenters. The van der Waals surface area contributed by atoms with Crippen molar-refractivity contribution in [2.24, 2.45) is 0 Å². The second kappa shape index (κ2) is 6.56. The van der Waals surface area contributed by atoms with E-state index in [-0.39, 0.29) is 24.7 Å². The maximum Gasteiger partial charge on any atom is 0.234 e. The van der Waals surface area contributed by atoms with Gasteiger partial charge in [0.25, 0.3) is 0 Å². The van der Waals surface area contributed by atoms with Crippen LogP contribution in [0.5, 0.6) is 17.2 Å². The summed E-state index contributed by atoms with van der Waals surface area (Å²) >= 11 is 3.40. The minimum Gasteiger partial charge on any atom is -0.494 e. The number of amides is 2. The summed E-state index contributed by atoms with van der Waals surface area (Å²) < 4.78 is 16.3. The molecule has 2 amide bonds. The number of carbonyl (C=O) groups excluding carboxylic acids is 2. The van der Waals surface area contributed by atoms with E-state index in [1.165, 1.54) is 26.2 Å². The van der Waals surface area contributed by atoms with Crippen molar-refractivity contribution < 1.29 is 23.8 Å². The maximum absolute atomic E-state index is 12.1. The van der Waals surface area contributed by atoms with Crippen LogP contribution in [0.3, 0.4) is 0 Å². The SMILES string of the molecule is COc1c(C)c(OC)c(N2C(=O)CCC2=O)c(CBr)c1OC. The molecule has 1 aromatic rings. The standard InChI is InChI=1S/C15H18BrNO5/c1-8-13(20-2)12(17-10(18)5-6-11(17)19)9(7-16)15(22-4)14(8)21-3/h5-7H2,1-4H3. The van der Waals surface area contributed by atoms with Crippen molar-refractivity contribution in [3.63, 3.8) is 0 Å². The maximum atomic E-state index is 12.1. The van der Waals surface area contributed by atoms with Gasteiger partial charge in [-0.2, -0.15) is 0 Å². The quantitative estimate of drug-likeness (QED) is 0.587. The number of hydrogen-bond donors (Lipinski definition) is 0. The summed E-state index contributed by atoms with van der Waals surface area (Å²) in [5, 5.41) is 0.384. The summed E-state index contributed by atoms with van der Waals surface area (Å²) in [5.74, 6) is 0.974. The molecular weight excluding hydrogens is 354 g/mol. The fourth-order valence-corrected chi connectivity index (χ4v) is 3.25. The van der Waals surface area contributed by atoms with Gasteiger partial charge >= 0.3 is 0 Å². The van der Waals surface area contributed by atoms with Crippen molar-refractivity contribution in [3.8, 4) is 17.2 Å². The number of hydrogen-bond acceptors (Lipinski definition) is 5. The predicted molar refractivity (Wildman–Crippen MR) is 85.2 cm³/mol. The number of imide groups is 1. The van der Waals surface area contributed by atoms with E-state index in [4.69, 9.17) is 14.2 Å². The van der Waals surface area contributed by atoms with Gasteiger partial charge in [-0.3, -0.25) is 9.59 Å². The average Bonchev–Trinajstić information content (AvgIpc) is 2.84. The fourth-order valence-electron chi connectivity index (χ4n) is 2.73. The van der Waals surface area contributed by atoms with E-state index >= 15 is 0 Å². The highest BCUT2D eigenvalue weighted by atomic mass is 79.9. The van der Waals surface area contributed by atoms with E-state index in [1.54, 1.807) is 6.92 Å². The first-order valence-electron chi connectivity index (χ1n) is 6.74. The Morgan fingerprint density at radius 2 is 1.45 bits per heavy atom. The predicted octanol–water partition coefficient (Wildman–Crippen LogP) is 2.57. The Labute approximate surface area is 137 Å². The molecule has 1 saturated heterocycles. The van der Waals surface area contributed by atoms with Crippen molar-refractivity contribution in [1.82, 2.24) is 0 Å². The van der Waals surface area contributed by atoms with Gasteiger partial charge in [0.15, 0.2) is 11.5 Å². The molecule has 0 aliphatic carbocycles. The van der Waals surface area contributed by atoms with Crippen molar-refractivity contribution in [2.75, 3.05) is 26.2 Å². The summed E-state index contributed by atoms with van der Waals surface area (Å²) in [5.41, 5.74) is 1.75. The molecule has 1 fully saturated rings. The molecule has 1 aliphatic heterocycles. The molecule has 6 nitrogen and oxygen atoms in total. The van der Waals surface area contributed by atoms with Crippen molar-refractivity contribution in [1.29, 1.82) is 0 Å². The first-order valence-corrected chi connectivity index (χ1v) is 7.87. The van der Waals surface area contributed by atoms with E-state index in [0.29, 0.717) is 39.4 Å². The number of anilines is 1. The van der Waals surface area contributed by atoms with Crippen LogP contribution in [0.1, 0.15) is 24.0 Å². The second-order valence-electron chi connectivity index (χ2n) is 4.81. The van der Waals surface area contributed by atoms with Gasteiger partial charge < -0.3 is 14.2 Å². The summed E-state index contributed by atoms with van der Waals surface area (Å²) in [4.78, 5) is 25.5. The van der Waals surface area contributed by atoms with E-state index in [2.05, 4.69) is 15.9 Å². The van der Waals surface area contributed by atoms with Gasteiger partial charge in [0.05, 0.1) is 21.3 Å². The molecule has 1 aromatic carbocycles. The van der Waals surface area contributed by atoms with Gasteiger partial charge in [0.2, 0.25) is 11.8 Å². The highest BCUT2D eigenvalue weighted by molar-refractivity contribution is 9.08. The number of halogens is 1. The van der Waals surface area contributed by atoms with Crippen LogP contribution in [0.15, 0.2) is 0 Å². The summed E-state index contributed by atoms with van der Waals surface area (Å²) in [6.07, 6.45) is 0.411. The Morgan fingerprint density at radius 3 is 1.86 bits per heavy atom. The number of alkyl halides is 1. The van der Waals surface area contributed by atoms with Gasteiger partial charge in [-0.25, -0.2) is 4.90 Å². The lowest BCUT2D eigenvalue weighted by Crippen LogP contribution is -2.30. The van der Waals surface area contributed by atoms with E-state index in [9.17, 15) is 9.59 Å². The fraction of sp³-hybridized carbons (Fsp3) is 0.467. The van der Waals surface area contributed by atoms with Crippen LogP contribution in [0.4, 0.5) is 5.69 Å². The largest absolute Gasteiger partial charge is 0.494 e. The molecular formula is C15H18BrNO5. The summed E-state index contributed by atoms with van der Waals surface area (Å²) in [6.45, 7) is 1.80. The Bertz CT molecular complexity index is 613. The molecule has 0 radical (unpaired) electrons. The van der Waals surface area contributed by atoms with Gasteiger partial charge in [-0.1, -0.05) is 15.9 Å². The zero-order valence-corrected chi connectivity index (χ0v) is 14.6. The van der Waals surface area contributed by atoms with Crippen LogP contribution in [-0.2, 0) is 14.9 Å². The Balaban J connectivity index is 2.84. The monoisotopic (exact) mass is 371 g/mol. The topological polar surface area (TPSA) is 65.1 Å². The molecule has 0 N–H and O–H groups in total. The van der Waals surface area contributed by atoms with Crippen molar-refractivity contribution in [3.05, 3.63) is 11.1 Å². The molecule has 0 spiro atoms. The Morgan fingerprint density at radius 1 is 0.955 bits per heavy atom. The third kappa shape index (κ3) is 2.43. The molecule has 0 unspecified atom stereocenters. The molecule has 0 bridgehead atoms. The Kier molecular flexibility index (Phi) is 4.95. The first kappa shape index (κ1) is 16.6. The van der Waals surface area contributed by atoms with Crippen LogP contribution in [-0.4, -0.2) is 33.1 Å². The van der Waals surface area contributed by atoms with Crippen LogP contribution >= 0.6 is 15.9 Å².